The molecule has 0 aromatic carbocycles. The van der Waals surface area contributed by atoms with Crippen molar-refractivity contribution < 1.29 is 19.8 Å². The molecule has 1 aliphatic rings. The van der Waals surface area contributed by atoms with Gasteiger partial charge in [0.05, 0.1) is 17.2 Å². The quantitative estimate of drug-likeness (QED) is 0.734. The van der Waals surface area contributed by atoms with Gasteiger partial charge in [0.1, 0.15) is 0 Å². The van der Waals surface area contributed by atoms with Crippen LogP contribution in [0.15, 0.2) is 0 Å². The summed E-state index contributed by atoms with van der Waals surface area (Å²) in [6.45, 7) is 0. The first kappa shape index (κ1) is 13.3. The molecule has 1 fully saturated rings. The number of alkyl halides is 3. The average molecular weight is 364 g/mol. The fourth-order valence-electron chi connectivity index (χ4n) is 1.70. The Balaban J connectivity index is 2.96. The number of carboxylic acid groups (broad SMARTS) is 2. The maximum absolute atomic E-state index is 10.9. The molecule has 5 unspecified atom stereocenters. The van der Waals surface area contributed by atoms with Crippen LogP contribution in [0.5, 0.6) is 0 Å². The highest BCUT2D eigenvalue weighted by atomic mass is 79.9. The van der Waals surface area contributed by atoms with Crippen molar-refractivity contribution in [3.05, 3.63) is 0 Å². The third-order valence-corrected chi connectivity index (χ3v) is 6.22. The molecule has 4 nitrogen and oxygen atoms in total. The zero-order valence-electron chi connectivity index (χ0n) is 7.44. The van der Waals surface area contributed by atoms with Crippen LogP contribution in [-0.2, 0) is 9.59 Å². The fraction of sp³-hybridized carbons (Fsp3) is 0.750. The molecule has 1 rings (SSSR count). The van der Waals surface area contributed by atoms with Crippen LogP contribution >= 0.6 is 43.5 Å². The van der Waals surface area contributed by atoms with E-state index in [0.29, 0.717) is 0 Å². The summed E-state index contributed by atoms with van der Waals surface area (Å²) in [7, 11) is 0. The number of hydrogen-bond acceptors (Lipinski definition) is 2. The lowest BCUT2D eigenvalue weighted by molar-refractivity contribution is -0.155. The first-order valence-corrected chi connectivity index (χ1v) is 6.51. The molecule has 15 heavy (non-hydrogen) atoms. The summed E-state index contributed by atoms with van der Waals surface area (Å²) in [6, 6.07) is 0. The highest BCUT2D eigenvalue weighted by molar-refractivity contribution is 9.12. The highest BCUT2D eigenvalue weighted by Gasteiger charge is 2.48. The molecule has 1 aliphatic carbocycles. The second kappa shape index (κ2) is 5.01. The monoisotopic (exact) mass is 362 g/mol. The van der Waals surface area contributed by atoms with Crippen molar-refractivity contribution in [2.24, 2.45) is 11.8 Å². The first-order valence-electron chi connectivity index (χ1n) is 4.24. The van der Waals surface area contributed by atoms with Crippen LogP contribution in [0.3, 0.4) is 0 Å². The van der Waals surface area contributed by atoms with Gasteiger partial charge in [-0.2, -0.15) is 0 Å². The average Bonchev–Trinajstić information content (AvgIpc) is 2.12. The van der Waals surface area contributed by atoms with Crippen LogP contribution in [0.1, 0.15) is 6.42 Å². The van der Waals surface area contributed by atoms with E-state index < -0.39 is 29.2 Å². The van der Waals surface area contributed by atoms with Crippen molar-refractivity contribution in [3.63, 3.8) is 0 Å². The van der Waals surface area contributed by atoms with Crippen molar-refractivity contribution in [2.45, 2.75) is 21.5 Å². The Labute approximate surface area is 108 Å². The van der Waals surface area contributed by atoms with E-state index in [1.165, 1.54) is 0 Å². The Morgan fingerprint density at radius 3 is 2.13 bits per heavy atom. The second-order valence-corrected chi connectivity index (χ2v) is 6.19. The van der Waals surface area contributed by atoms with E-state index in [1.807, 2.05) is 0 Å². The summed E-state index contributed by atoms with van der Waals surface area (Å²) >= 11 is 12.5. The van der Waals surface area contributed by atoms with E-state index >= 15 is 0 Å². The number of carboxylic acids is 2. The van der Waals surface area contributed by atoms with Gasteiger partial charge in [-0.25, -0.2) is 0 Å². The van der Waals surface area contributed by atoms with Crippen molar-refractivity contribution in [3.8, 4) is 0 Å². The highest BCUT2D eigenvalue weighted by Crippen LogP contribution is 2.41. The standard InChI is InChI=1S/C8H9Br2ClO4/c9-3-1-2(7(12)13)4(8(14)15)6(11)5(3)10/h2-6H,1H2,(H,12,13)(H,14,15). The third-order valence-electron chi connectivity index (χ3n) is 2.51. The summed E-state index contributed by atoms with van der Waals surface area (Å²) in [5, 5.41) is 17.1. The Hall–Kier alpha value is 0.190. The van der Waals surface area contributed by atoms with Crippen LogP contribution in [0, 0.1) is 11.8 Å². The van der Waals surface area contributed by atoms with Gasteiger partial charge in [0.15, 0.2) is 0 Å². The Kier molecular flexibility index (Phi) is 4.43. The first-order chi connectivity index (χ1) is 6.86. The predicted molar refractivity (Wildman–Crippen MR) is 61.9 cm³/mol. The maximum Gasteiger partial charge on any atom is 0.308 e. The van der Waals surface area contributed by atoms with Gasteiger partial charge in [-0.05, 0) is 6.42 Å². The van der Waals surface area contributed by atoms with Crippen LogP contribution in [-0.4, -0.2) is 37.2 Å². The Morgan fingerprint density at radius 1 is 1.20 bits per heavy atom. The minimum absolute atomic E-state index is 0.128. The summed E-state index contributed by atoms with van der Waals surface area (Å²) in [4.78, 5) is 21.5. The maximum atomic E-state index is 10.9. The van der Waals surface area contributed by atoms with Gasteiger partial charge in [0.25, 0.3) is 0 Å². The molecule has 0 radical (unpaired) electrons. The van der Waals surface area contributed by atoms with Gasteiger partial charge in [-0.15, -0.1) is 11.6 Å². The minimum atomic E-state index is -1.16. The summed E-state index contributed by atoms with van der Waals surface area (Å²) in [6.07, 6.45) is 0.255. The molecule has 0 aliphatic heterocycles. The van der Waals surface area contributed by atoms with Gasteiger partial charge in [0, 0.05) is 9.65 Å². The van der Waals surface area contributed by atoms with Crippen LogP contribution in [0.4, 0.5) is 0 Å². The number of carbonyl (C=O) groups is 2. The lowest BCUT2D eigenvalue weighted by atomic mass is 9.79. The molecule has 2 N–H and O–H groups in total. The van der Waals surface area contributed by atoms with Crippen LogP contribution in [0.2, 0.25) is 0 Å². The second-order valence-electron chi connectivity index (χ2n) is 3.45. The van der Waals surface area contributed by atoms with Crippen LogP contribution in [0.25, 0.3) is 0 Å². The van der Waals surface area contributed by atoms with Gasteiger partial charge >= 0.3 is 11.9 Å². The molecule has 0 bridgehead atoms. The zero-order valence-corrected chi connectivity index (χ0v) is 11.4. The Bertz CT molecular complexity index is 286. The topological polar surface area (TPSA) is 74.6 Å². The Morgan fingerprint density at radius 2 is 1.73 bits per heavy atom. The van der Waals surface area contributed by atoms with E-state index in [4.69, 9.17) is 21.8 Å². The van der Waals surface area contributed by atoms with Crippen molar-refractivity contribution >= 4 is 55.4 Å². The smallest absolute Gasteiger partial charge is 0.308 e. The van der Waals surface area contributed by atoms with Gasteiger partial charge in [-0.3, -0.25) is 9.59 Å². The van der Waals surface area contributed by atoms with E-state index in [-0.39, 0.29) is 16.1 Å². The molecule has 0 saturated heterocycles. The van der Waals surface area contributed by atoms with Crippen LogP contribution < -0.4 is 0 Å². The number of rotatable bonds is 2. The molecule has 0 heterocycles. The van der Waals surface area contributed by atoms with Crippen molar-refractivity contribution in [1.82, 2.24) is 0 Å². The largest absolute Gasteiger partial charge is 0.481 e. The molecule has 7 heteroatoms. The molecule has 86 valence electrons. The molecular formula is C8H9Br2ClO4. The third kappa shape index (κ3) is 2.65. The molecule has 5 atom stereocenters. The molecule has 0 aromatic rings. The van der Waals surface area contributed by atoms with E-state index in [1.54, 1.807) is 0 Å². The van der Waals surface area contributed by atoms with E-state index in [0.717, 1.165) is 0 Å². The van der Waals surface area contributed by atoms with Crippen molar-refractivity contribution in [2.75, 3.05) is 0 Å². The molecular weight excluding hydrogens is 355 g/mol. The van der Waals surface area contributed by atoms with Gasteiger partial charge in [0.2, 0.25) is 0 Å². The summed E-state index contributed by atoms with van der Waals surface area (Å²) < 4.78 is 0. The molecule has 0 aromatic heterocycles. The summed E-state index contributed by atoms with van der Waals surface area (Å²) in [5.41, 5.74) is 0. The van der Waals surface area contributed by atoms with Crippen molar-refractivity contribution in [1.29, 1.82) is 0 Å². The number of aliphatic carboxylic acids is 2. The lowest BCUT2D eigenvalue weighted by Crippen LogP contribution is -2.48. The minimum Gasteiger partial charge on any atom is -0.481 e. The molecule has 0 spiro atoms. The zero-order chi connectivity index (χ0) is 11.7. The van der Waals surface area contributed by atoms with E-state index in [9.17, 15) is 9.59 Å². The van der Waals surface area contributed by atoms with Gasteiger partial charge in [-0.1, -0.05) is 31.9 Å². The van der Waals surface area contributed by atoms with Gasteiger partial charge < -0.3 is 10.2 Å². The molecule has 1 saturated carbocycles. The number of halogens is 3. The lowest BCUT2D eigenvalue weighted by Gasteiger charge is -2.36. The van der Waals surface area contributed by atoms with E-state index in [2.05, 4.69) is 31.9 Å². The SMILES string of the molecule is O=C(O)C1CC(Br)C(Br)C(Cl)C1C(=O)O. The number of hydrogen-bond donors (Lipinski definition) is 2. The molecule has 0 amide bonds. The summed E-state index contributed by atoms with van der Waals surface area (Å²) in [5.74, 6) is -4.27. The normalized spacial score (nSPS) is 41.1. The fourth-order valence-corrected chi connectivity index (χ4v) is 3.61. The predicted octanol–water partition coefficient (Wildman–Crippen LogP) is 1.93.